The molecule has 2 aliphatic rings. The third-order valence-corrected chi connectivity index (χ3v) is 4.26. The maximum Gasteiger partial charge on any atom is 0.238 e. The van der Waals surface area contributed by atoms with Crippen molar-refractivity contribution in [2.45, 2.75) is 44.7 Å². The van der Waals surface area contributed by atoms with Crippen molar-refractivity contribution in [3.05, 3.63) is 0 Å². The van der Waals surface area contributed by atoms with Crippen LogP contribution in [0.25, 0.3) is 0 Å². The van der Waals surface area contributed by atoms with Gasteiger partial charge < -0.3 is 5.32 Å². The normalized spacial score (nSPS) is 36.5. The molecule has 3 nitrogen and oxygen atoms in total. The average Bonchev–Trinajstić information content (AvgIpc) is 2.70. The lowest BCUT2D eigenvalue weighted by Crippen LogP contribution is -2.47. The quantitative estimate of drug-likeness (QED) is 0.749. The monoisotopic (exact) mass is 228 g/mol. The van der Waals surface area contributed by atoms with E-state index in [1.807, 2.05) is 0 Å². The Morgan fingerprint density at radius 2 is 2.33 bits per heavy atom. The van der Waals surface area contributed by atoms with E-state index in [2.05, 4.69) is 17.6 Å². The highest BCUT2D eigenvalue weighted by Crippen LogP contribution is 2.23. The van der Waals surface area contributed by atoms with Crippen LogP contribution in [0, 0.1) is 5.92 Å². The predicted molar refractivity (Wildman–Crippen MR) is 63.8 cm³/mol. The Kier molecular flexibility index (Phi) is 3.92. The number of hydrogen-bond acceptors (Lipinski definition) is 3. The van der Waals surface area contributed by atoms with Crippen molar-refractivity contribution in [1.82, 2.24) is 10.6 Å². The number of amides is 1. The van der Waals surface area contributed by atoms with Crippen molar-refractivity contribution in [2.75, 3.05) is 11.6 Å². The van der Waals surface area contributed by atoms with Gasteiger partial charge in [0.2, 0.25) is 5.91 Å². The molecule has 1 saturated heterocycles. The van der Waals surface area contributed by atoms with Crippen LogP contribution in [0.3, 0.4) is 0 Å². The summed E-state index contributed by atoms with van der Waals surface area (Å²) in [6, 6.07) is 0.473. The minimum atomic E-state index is 0.0484. The van der Waals surface area contributed by atoms with E-state index in [1.165, 1.54) is 12.8 Å². The molecule has 1 aliphatic carbocycles. The third-order valence-electron chi connectivity index (χ3n) is 3.32. The highest BCUT2D eigenvalue weighted by molar-refractivity contribution is 7.99. The molecule has 0 aromatic carbocycles. The number of thioether (sulfide) groups is 1. The molecule has 1 aliphatic heterocycles. The zero-order chi connectivity index (χ0) is 10.7. The van der Waals surface area contributed by atoms with E-state index in [0.717, 1.165) is 30.4 Å². The standard InChI is InChI=1S/C11H20N2OS/c1-8-3-2-4-9(5-8)13-11(14)10-6-15-7-12-10/h8-10,12H,2-7H2,1H3,(H,13,14). The summed E-state index contributed by atoms with van der Waals surface area (Å²) in [5.41, 5.74) is 0. The summed E-state index contributed by atoms with van der Waals surface area (Å²) in [6.07, 6.45) is 4.91. The lowest BCUT2D eigenvalue weighted by atomic mass is 9.87. The molecule has 2 rings (SSSR count). The first-order chi connectivity index (χ1) is 7.25. The van der Waals surface area contributed by atoms with Crippen LogP contribution in [0.2, 0.25) is 0 Å². The van der Waals surface area contributed by atoms with Gasteiger partial charge in [0.25, 0.3) is 0 Å². The lowest BCUT2D eigenvalue weighted by molar-refractivity contribution is -0.123. The molecule has 0 aromatic rings. The van der Waals surface area contributed by atoms with Crippen molar-refractivity contribution in [1.29, 1.82) is 0 Å². The highest BCUT2D eigenvalue weighted by atomic mass is 32.2. The Balaban J connectivity index is 1.77. The van der Waals surface area contributed by atoms with Crippen LogP contribution < -0.4 is 10.6 Å². The van der Waals surface area contributed by atoms with Crippen molar-refractivity contribution in [2.24, 2.45) is 5.92 Å². The number of nitrogens with one attached hydrogen (secondary N) is 2. The Morgan fingerprint density at radius 1 is 1.47 bits per heavy atom. The Morgan fingerprint density at radius 3 is 3.00 bits per heavy atom. The molecule has 15 heavy (non-hydrogen) atoms. The fourth-order valence-corrected chi connectivity index (χ4v) is 3.37. The second-order valence-corrected chi connectivity index (χ2v) is 5.78. The highest BCUT2D eigenvalue weighted by Gasteiger charge is 2.26. The molecule has 86 valence electrons. The first-order valence-corrected chi connectivity index (χ1v) is 7.02. The Bertz CT molecular complexity index is 229. The molecule has 2 N–H and O–H groups in total. The van der Waals surface area contributed by atoms with E-state index in [9.17, 15) is 4.79 Å². The fraction of sp³-hybridized carbons (Fsp3) is 0.909. The second kappa shape index (κ2) is 5.21. The van der Waals surface area contributed by atoms with Crippen LogP contribution in [0.15, 0.2) is 0 Å². The summed E-state index contributed by atoms with van der Waals surface area (Å²) in [4.78, 5) is 11.8. The van der Waals surface area contributed by atoms with Crippen LogP contribution in [-0.4, -0.2) is 29.6 Å². The van der Waals surface area contributed by atoms with E-state index in [0.29, 0.717) is 6.04 Å². The maximum absolute atomic E-state index is 11.8. The number of rotatable bonds is 2. The van der Waals surface area contributed by atoms with Crippen molar-refractivity contribution >= 4 is 17.7 Å². The fourth-order valence-electron chi connectivity index (χ4n) is 2.43. The van der Waals surface area contributed by atoms with Crippen LogP contribution in [-0.2, 0) is 4.79 Å². The van der Waals surface area contributed by atoms with Gasteiger partial charge >= 0.3 is 0 Å². The molecule has 0 bridgehead atoms. The smallest absolute Gasteiger partial charge is 0.238 e. The van der Waals surface area contributed by atoms with Gasteiger partial charge in [-0.3, -0.25) is 10.1 Å². The number of hydrogen-bond donors (Lipinski definition) is 2. The van der Waals surface area contributed by atoms with E-state index in [1.54, 1.807) is 11.8 Å². The summed E-state index contributed by atoms with van der Waals surface area (Å²) in [5, 5.41) is 6.38. The Labute approximate surface area is 95.8 Å². The number of carbonyl (C=O) groups excluding carboxylic acids is 1. The Hall–Kier alpha value is -0.220. The first kappa shape index (κ1) is 11.3. The molecule has 0 aromatic heterocycles. The SMILES string of the molecule is CC1CCCC(NC(=O)C2CSCN2)C1. The van der Waals surface area contributed by atoms with Gasteiger partial charge in [0.15, 0.2) is 0 Å². The second-order valence-electron chi connectivity index (χ2n) is 4.75. The van der Waals surface area contributed by atoms with Gasteiger partial charge in [-0.2, -0.15) is 0 Å². The van der Waals surface area contributed by atoms with E-state index in [-0.39, 0.29) is 11.9 Å². The lowest BCUT2D eigenvalue weighted by Gasteiger charge is -2.28. The zero-order valence-corrected chi connectivity index (χ0v) is 10.1. The van der Waals surface area contributed by atoms with Gasteiger partial charge in [-0.25, -0.2) is 0 Å². The summed E-state index contributed by atoms with van der Waals surface area (Å²) in [6.45, 7) is 2.28. The van der Waals surface area contributed by atoms with Crippen LogP contribution in [0.1, 0.15) is 32.6 Å². The zero-order valence-electron chi connectivity index (χ0n) is 9.29. The molecule has 0 spiro atoms. The van der Waals surface area contributed by atoms with Gasteiger partial charge in [-0.15, -0.1) is 11.8 Å². The van der Waals surface area contributed by atoms with Crippen LogP contribution in [0.4, 0.5) is 0 Å². The summed E-state index contributed by atoms with van der Waals surface area (Å²) in [5.74, 6) is 2.82. The molecule has 4 heteroatoms. The summed E-state index contributed by atoms with van der Waals surface area (Å²) < 4.78 is 0. The summed E-state index contributed by atoms with van der Waals surface area (Å²) >= 11 is 1.80. The largest absolute Gasteiger partial charge is 0.352 e. The van der Waals surface area contributed by atoms with Crippen molar-refractivity contribution in [3.63, 3.8) is 0 Å². The van der Waals surface area contributed by atoms with Gasteiger partial charge in [0.05, 0.1) is 6.04 Å². The van der Waals surface area contributed by atoms with Crippen molar-refractivity contribution < 1.29 is 4.79 Å². The van der Waals surface area contributed by atoms with E-state index < -0.39 is 0 Å². The molecular formula is C11H20N2OS. The molecule has 1 heterocycles. The van der Waals surface area contributed by atoms with Gasteiger partial charge in [0, 0.05) is 17.7 Å². The topological polar surface area (TPSA) is 41.1 Å². The number of carbonyl (C=O) groups is 1. The maximum atomic E-state index is 11.8. The molecule has 3 atom stereocenters. The van der Waals surface area contributed by atoms with Crippen LogP contribution >= 0.6 is 11.8 Å². The molecule has 0 radical (unpaired) electrons. The molecule has 1 amide bonds. The summed E-state index contributed by atoms with van der Waals surface area (Å²) in [7, 11) is 0. The van der Waals surface area contributed by atoms with E-state index in [4.69, 9.17) is 0 Å². The van der Waals surface area contributed by atoms with Gasteiger partial charge in [-0.1, -0.05) is 19.8 Å². The van der Waals surface area contributed by atoms with Crippen LogP contribution in [0.5, 0.6) is 0 Å². The van der Waals surface area contributed by atoms with Gasteiger partial charge in [0.1, 0.15) is 0 Å². The molecule has 2 fully saturated rings. The molecule has 3 unspecified atom stereocenters. The molecule has 1 saturated carbocycles. The van der Waals surface area contributed by atoms with E-state index >= 15 is 0 Å². The minimum absolute atomic E-state index is 0.0484. The predicted octanol–water partition coefficient (Wildman–Crippen LogP) is 1.34. The first-order valence-electron chi connectivity index (χ1n) is 5.87. The average molecular weight is 228 g/mol. The van der Waals surface area contributed by atoms with Crippen molar-refractivity contribution in [3.8, 4) is 0 Å². The minimum Gasteiger partial charge on any atom is -0.352 e. The molecular weight excluding hydrogens is 208 g/mol. The third kappa shape index (κ3) is 3.11. The van der Waals surface area contributed by atoms with Gasteiger partial charge in [-0.05, 0) is 18.8 Å².